The molecule has 5 aromatic rings. The van der Waals surface area contributed by atoms with Crippen LogP contribution < -0.4 is 24.4 Å². The predicted molar refractivity (Wildman–Crippen MR) is 262 cm³/mol. The fourth-order valence-electron chi connectivity index (χ4n) is 9.12. The lowest BCUT2D eigenvalue weighted by molar-refractivity contribution is -0.384. The van der Waals surface area contributed by atoms with Crippen LogP contribution in [0.4, 0.5) is 17.1 Å². The largest absolute Gasteiger partial charge is 0.489 e. The molecular weight excluding hydrogens is 920 g/mol. The van der Waals surface area contributed by atoms with Gasteiger partial charge in [0.15, 0.2) is 11.4 Å². The number of thiol groups is 1. The van der Waals surface area contributed by atoms with Gasteiger partial charge < -0.3 is 34.0 Å². The zero-order valence-electron chi connectivity index (χ0n) is 37.4. The minimum atomic E-state index is -4.69. The molecule has 1 amide bonds. The molecule has 2 fully saturated rings. The summed E-state index contributed by atoms with van der Waals surface area (Å²) in [5.41, 5.74) is 5.12. The number of hydrogen-bond donors (Lipinski definition) is 5. The van der Waals surface area contributed by atoms with E-state index in [0.717, 1.165) is 67.1 Å². The number of H-pyrrole nitrogens is 1. The number of hydrogen-bond acceptors (Lipinski definition) is 13. The number of nitro groups is 1. The van der Waals surface area contributed by atoms with E-state index >= 15 is 0 Å². The standard InChI is InChI=1S/C47H55ClN8O9S2/c1-47(2)12-9-33(40(27-47)31-3-5-34(48)6-4-31)29-54-15-17-55(18-16-54)36-7-8-39(42(24-36)65-37-23-32-10-13-49-45(32)50-28-37)46(57)53-67(61,62)38-25-41(56(58)59)44-43(26-38)64-30-35(52-44)11-14-51-66(60)21-19-63-20-22-66/h3-8,10,13,23-26,28,35,52,66H,9,11-12,14-22,27,29-30H2,1-2H3,(H,49,50)(H,51,60)(H,53,57). The number of aromatic amines is 1. The van der Waals surface area contributed by atoms with Crippen molar-refractivity contribution in [1.82, 2.24) is 19.6 Å². The first kappa shape index (κ1) is 46.5. The molecule has 1 atom stereocenters. The Bertz CT molecular complexity index is 2890. The molecule has 5 heterocycles. The minimum absolute atomic E-state index is 0.0176. The number of fused-ring (bicyclic) bond motifs is 2. The van der Waals surface area contributed by atoms with Crippen LogP contribution in [0.2, 0.25) is 5.02 Å². The summed E-state index contributed by atoms with van der Waals surface area (Å²) in [6, 6.07) is 18.4. The van der Waals surface area contributed by atoms with E-state index < -0.39 is 41.5 Å². The fourth-order valence-corrected chi connectivity index (χ4v) is 12.1. The maximum atomic E-state index is 14.1. The van der Waals surface area contributed by atoms with Crippen molar-refractivity contribution in [2.24, 2.45) is 9.78 Å². The van der Waals surface area contributed by atoms with Gasteiger partial charge in [0.25, 0.3) is 21.6 Å². The highest BCUT2D eigenvalue weighted by atomic mass is 35.5. The van der Waals surface area contributed by atoms with Crippen LogP contribution in [0.25, 0.3) is 16.6 Å². The topological polar surface area (TPSA) is 214 Å². The maximum absolute atomic E-state index is 14.1. The molecule has 4 N–H and O–H groups in total. The van der Waals surface area contributed by atoms with Gasteiger partial charge in [-0.25, -0.2) is 18.1 Å². The highest BCUT2D eigenvalue weighted by Crippen LogP contribution is 2.44. The summed E-state index contributed by atoms with van der Waals surface area (Å²) < 4.78 is 62.9. The number of ether oxygens (including phenoxy) is 3. The number of piperazine rings is 1. The summed E-state index contributed by atoms with van der Waals surface area (Å²) in [5.74, 6) is 0.367. The molecule has 4 aliphatic rings. The van der Waals surface area contributed by atoms with Gasteiger partial charge in [-0.2, -0.15) is 0 Å². The third-order valence-corrected chi connectivity index (χ3v) is 17.0. The maximum Gasteiger partial charge on any atom is 0.297 e. The Morgan fingerprint density at radius 1 is 1.09 bits per heavy atom. The van der Waals surface area contributed by atoms with Crippen molar-refractivity contribution in [1.29, 1.82) is 0 Å². The first-order valence-corrected chi connectivity index (χ1v) is 26.4. The quantitative estimate of drug-likeness (QED) is 0.0431. The highest BCUT2D eigenvalue weighted by molar-refractivity contribution is 8.00. The number of carbonyl (C=O) groups is 1. The van der Waals surface area contributed by atoms with E-state index in [9.17, 15) is 27.9 Å². The minimum Gasteiger partial charge on any atom is -0.489 e. The van der Waals surface area contributed by atoms with Crippen molar-refractivity contribution in [3.8, 4) is 17.2 Å². The molecule has 0 radical (unpaired) electrons. The number of amides is 1. The number of pyridine rings is 1. The fraction of sp³-hybridized carbons (Fsp3) is 0.404. The average molecular weight is 976 g/mol. The summed E-state index contributed by atoms with van der Waals surface area (Å²) in [6.45, 7) is 9.84. The van der Waals surface area contributed by atoms with Crippen LogP contribution in [0, 0.1) is 15.5 Å². The van der Waals surface area contributed by atoms with E-state index in [-0.39, 0.29) is 40.8 Å². The molecule has 356 valence electrons. The van der Waals surface area contributed by atoms with E-state index in [0.29, 0.717) is 62.2 Å². The summed E-state index contributed by atoms with van der Waals surface area (Å²) >= 11 is 6.25. The molecule has 0 bridgehead atoms. The molecule has 20 heteroatoms. The lowest BCUT2D eigenvalue weighted by Gasteiger charge is -2.39. The van der Waals surface area contributed by atoms with Crippen LogP contribution in [-0.4, -0.2) is 115 Å². The summed E-state index contributed by atoms with van der Waals surface area (Å²) in [6.07, 6.45) is 6.85. The Morgan fingerprint density at radius 3 is 2.63 bits per heavy atom. The lowest BCUT2D eigenvalue weighted by atomic mass is 9.72. The molecule has 0 spiro atoms. The van der Waals surface area contributed by atoms with Gasteiger partial charge in [0.1, 0.15) is 23.8 Å². The number of nitrogens with zero attached hydrogens (tertiary/aromatic N) is 5. The monoisotopic (exact) mass is 974 g/mol. The normalized spacial score (nSPS) is 20.0. The van der Waals surface area contributed by atoms with E-state index in [1.54, 1.807) is 24.4 Å². The van der Waals surface area contributed by atoms with Crippen LogP contribution >= 0.6 is 11.6 Å². The van der Waals surface area contributed by atoms with Gasteiger partial charge in [-0.15, -0.1) is 10.1 Å². The Labute approximate surface area is 395 Å². The summed E-state index contributed by atoms with van der Waals surface area (Å²) in [4.78, 5) is 37.4. The number of benzene rings is 3. The van der Waals surface area contributed by atoms with Gasteiger partial charge >= 0.3 is 0 Å². The number of rotatable bonds is 13. The van der Waals surface area contributed by atoms with Gasteiger partial charge in [0, 0.05) is 91.3 Å². The van der Waals surface area contributed by atoms with Crippen molar-refractivity contribution in [3.63, 3.8) is 0 Å². The smallest absolute Gasteiger partial charge is 0.297 e. The van der Waals surface area contributed by atoms with Crippen LogP contribution in [0.5, 0.6) is 17.2 Å². The number of halogens is 1. The van der Waals surface area contributed by atoms with Gasteiger partial charge in [0.05, 0.1) is 40.8 Å². The Kier molecular flexibility index (Phi) is 13.3. The predicted octanol–water partition coefficient (Wildman–Crippen LogP) is 7.96. The molecule has 17 nitrogen and oxygen atoms in total. The van der Waals surface area contributed by atoms with Crippen LogP contribution in [0.15, 0.2) is 94.0 Å². The van der Waals surface area contributed by atoms with E-state index in [1.165, 1.54) is 29.0 Å². The highest BCUT2D eigenvalue weighted by Gasteiger charge is 2.33. The lowest BCUT2D eigenvalue weighted by Crippen LogP contribution is -2.47. The average Bonchev–Trinajstić information content (AvgIpc) is 3.78. The second-order valence-corrected chi connectivity index (χ2v) is 23.4. The molecule has 2 saturated heterocycles. The van der Waals surface area contributed by atoms with Gasteiger partial charge in [-0.05, 0) is 78.6 Å². The number of carbonyl (C=O) groups excluding carboxylic acids is 1. The van der Waals surface area contributed by atoms with Gasteiger partial charge in [-0.1, -0.05) is 43.2 Å². The summed E-state index contributed by atoms with van der Waals surface area (Å²) in [5, 5.41) is 17.0. The Hall–Kier alpha value is -5.57. The van der Waals surface area contributed by atoms with Crippen LogP contribution in [-0.2, 0) is 24.9 Å². The molecular formula is C47H55ClN8O9S2. The number of sulfonamides is 1. The van der Waals surface area contributed by atoms with Crippen molar-refractivity contribution in [3.05, 3.63) is 111 Å². The first-order valence-electron chi connectivity index (χ1n) is 22.5. The number of allylic oxidation sites excluding steroid dienone is 1. The molecule has 2 aromatic heterocycles. The zero-order chi connectivity index (χ0) is 46.9. The summed E-state index contributed by atoms with van der Waals surface area (Å²) in [7, 11) is -7.13. The van der Waals surface area contributed by atoms with E-state index in [1.807, 2.05) is 18.2 Å². The molecule has 3 aromatic carbocycles. The molecule has 1 unspecified atom stereocenters. The number of anilines is 2. The SMILES string of the molecule is CC1(C)CCC(CN2CCN(c3ccc(C(=O)NS(=O)(=O)c4cc5c(c([N+](=O)[O-])c4)NC(CCN=[SH]4(O)CCOCC4)CO5)c(Oc4cnc5[nH]ccc5c4)c3)CC2)=C(c2ccc(Cl)cc2)C1. The van der Waals surface area contributed by atoms with E-state index in [2.05, 4.69) is 60.1 Å². The van der Waals surface area contributed by atoms with Gasteiger partial charge in [-0.3, -0.25) is 24.2 Å². The van der Waals surface area contributed by atoms with Gasteiger partial charge in [0.2, 0.25) is 0 Å². The van der Waals surface area contributed by atoms with Crippen molar-refractivity contribution in [2.45, 2.75) is 50.5 Å². The third kappa shape index (κ3) is 10.8. The van der Waals surface area contributed by atoms with E-state index in [4.69, 9.17) is 25.8 Å². The second-order valence-electron chi connectivity index (χ2n) is 18.3. The second kappa shape index (κ2) is 19.2. The molecule has 9 rings (SSSR count). The third-order valence-electron chi connectivity index (χ3n) is 12.9. The van der Waals surface area contributed by atoms with Crippen molar-refractivity contribution < 1.29 is 36.9 Å². The Balaban J connectivity index is 0.924. The number of nitro benzene ring substituents is 1. The van der Waals surface area contributed by atoms with Crippen LogP contribution in [0.3, 0.4) is 0 Å². The molecule has 67 heavy (non-hydrogen) atoms. The van der Waals surface area contributed by atoms with Crippen molar-refractivity contribution in [2.75, 3.05) is 80.8 Å². The number of aromatic nitrogens is 2. The molecule has 3 aliphatic heterocycles. The Morgan fingerprint density at radius 2 is 1.87 bits per heavy atom. The molecule has 0 saturated carbocycles. The zero-order valence-corrected chi connectivity index (χ0v) is 39.8. The first-order chi connectivity index (χ1) is 32.1. The van der Waals surface area contributed by atoms with Crippen LogP contribution in [0.1, 0.15) is 55.5 Å². The van der Waals surface area contributed by atoms with Crippen molar-refractivity contribution >= 4 is 71.3 Å². The number of nitrogens with one attached hydrogen (secondary N) is 3. The molecule has 1 aliphatic carbocycles.